The van der Waals surface area contributed by atoms with Crippen molar-refractivity contribution in [1.82, 2.24) is 73.4 Å². The Morgan fingerprint density at radius 2 is 1.07 bits per heavy atom. The van der Waals surface area contributed by atoms with Crippen LogP contribution < -0.4 is 81.4 Å². The van der Waals surface area contributed by atoms with Crippen molar-refractivity contribution in [3.63, 3.8) is 0 Å². The summed E-state index contributed by atoms with van der Waals surface area (Å²) in [6, 6.07) is 16.6. The van der Waals surface area contributed by atoms with E-state index in [0.29, 0.717) is 45.1 Å². The van der Waals surface area contributed by atoms with E-state index in [2.05, 4.69) is 73.4 Å². The molecule has 106 heavy (non-hydrogen) atoms. The van der Waals surface area contributed by atoms with Gasteiger partial charge < -0.3 is 102 Å². The third kappa shape index (κ3) is 24.0. The summed E-state index contributed by atoms with van der Waals surface area (Å²) in [5, 5.41) is 48.9. The number of unbranched alkanes of at least 4 members (excludes halogenated alkanes) is 1. The lowest BCUT2D eigenvalue weighted by Gasteiger charge is -2.28. The van der Waals surface area contributed by atoms with E-state index in [4.69, 9.17) is 22.9 Å². The van der Waals surface area contributed by atoms with E-state index in [9.17, 15) is 63.0 Å². The lowest BCUT2D eigenvalue weighted by molar-refractivity contribution is -0.136. The third-order valence-corrected chi connectivity index (χ3v) is 17.5. The SMILES string of the molecule is C[C@@H]1NC(=O)[C@H](CC(N)=O)NC(=O)[C@H](Cc2c[nH]c3ccccc23)NC(=O)[C@H](CCCCN)NC(=O)[C@@H](Cc2ccccc2)NC(=O)[C@H](Cc2c[nH]cn2)NC(=O)C[C@@H](NC(=O)[C@@H](N)Cc2ccc(O)cc2)C(=O)NCC(C(=O)N[C@@H](Cc2ccc(O)cc2)C(N)=O)NC(=O)[C@H](Cc2ccccc2)NC1=O. The number of carbonyl (C=O) groups excluding carboxylic acids is 13. The molecule has 0 radical (unpaired) electrons. The summed E-state index contributed by atoms with van der Waals surface area (Å²) in [7, 11) is 0. The molecule has 1 unspecified atom stereocenters. The molecule has 11 atom stereocenters. The Labute approximate surface area is 608 Å². The summed E-state index contributed by atoms with van der Waals surface area (Å²) < 4.78 is 0. The van der Waals surface area contributed by atoms with Crippen LogP contribution in [-0.2, 0) is 101 Å². The lowest BCUT2D eigenvalue weighted by Crippen LogP contribution is -2.62. The zero-order chi connectivity index (χ0) is 76.4. The highest BCUT2D eigenvalue weighted by Crippen LogP contribution is 2.21. The van der Waals surface area contributed by atoms with Crippen LogP contribution in [0.2, 0.25) is 0 Å². The van der Waals surface area contributed by atoms with Gasteiger partial charge in [-0.3, -0.25) is 62.3 Å². The summed E-state index contributed by atoms with van der Waals surface area (Å²) >= 11 is 0. The number of hydrogen-bond donors (Lipinski definition) is 19. The van der Waals surface area contributed by atoms with Crippen LogP contribution in [0.25, 0.3) is 10.9 Å². The highest BCUT2D eigenvalue weighted by Gasteiger charge is 2.38. The average Bonchev–Trinajstić information content (AvgIpc) is 1.64. The van der Waals surface area contributed by atoms with E-state index in [1.807, 2.05) is 0 Å². The molecule has 2 aromatic heterocycles. The van der Waals surface area contributed by atoms with Gasteiger partial charge in [0, 0.05) is 61.9 Å². The monoisotopic (exact) mass is 1460 g/mol. The number of aromatic amines is 2. The second-order valence-electron chi connectivity index (χ2n) is 25.7. The molecular weight excluding hydrogens is 1370 g/mol. The quantitative estimate of drug-likeness (QED) is 0.0289. The molecule has 23 N–H and O–H groups in total. The molecule has 33 nitrogen and oxygen atoms in total. The van der Waals surface area contributed by atoms with Crippen LogP contribution in [0.1, 0.15) is 72.5 Å². The number of nitrogens with two attached hydrogens (primary N) is 4. The largest absolute Gasteiger partial charge is 0.508 e. The van der Waals surface area contributed by atoms with Crippen molar-refractivity contribution >= 4 is 87.7 Å². The van der Waals surface area contributed by atoms with Gasteiger partial charge >= 0.3 is 0 Å². The number of amides is 13. The van der Waals surface area contributed by atoms with Crippen molar-refractivity contribution in [2.24, 2.45) is 22.9 Å². The first-order valence-corrected chi connectivity index (χ1v) is 34.3. The Bertz CT molecular complexity index is 4220. The predicted molar refractivity (Wildman–Crippen MR) is 385 cm³/mol. The summed E-state index contributed by atoms with van der Waals surface area (Å²) in [5.74, 6) is -14.0. The minimum absolute atomic E-state index is 0.0841. The summed E-state index contributed by atoms with van der Waals surface area (Å²) in [4.78, 5) is 199. The number of phenolic OH excluding ortho intramolecular Hbond substituents is 2. The molecule has 0 saturated carbocycles. The molecule has 1 saturated heterocycles. The van der Waals surface area contributed by atoms with E-state index in [-0.39, 0.29) is 75.1 Å². The fourth-order valence-corrected chi connectivity index (χ4v) is 11.7. The number of aromatic nitrogens is 3. The number of phenols is 2. The Balaban J connectivity index is 1.21. The third-order valence-electron chi connectivity index (χ3n) is 17.5. The van der Waals surface area contributed by atoms with Crippen molar-refractivity contribution in [3.05, 3.63) is 186 Å². The number of nitrogens with one attached hydrogen (secondary N) is 13. The standard InChI is InChI=1S/C73H88N18O15/c1-40-64(97)86-54(30-41-12-4-2-5-13-41)70(103)91-60(73(106)85-53(63(77)96)29-44-21-25-48(93)26-22-44)38-80-66(99)59(87-65(98)50(75)28-43-19-23-47(92)24-20-43)35-62(95)83-57(33-46-37-78-39-81-46)72(105)88-55(31-42-14-6-3-7-15-42)69(102)84-52(18-10-11-27-74)67(100)89-56(32-45-36-79-51-17-9-8-16-49(45)51)71(104)90-58(34-61(76)94)68(101)82-40/h2-9,12-17,19-26,36-37,39-40,50,52-60,79,92-93H,10-11,18,27-35,38,74-75H2,1H3,(H2,76,94)(H2,77,96)(H,78,81)(H,80,99)(H,82,101)(H,83,95)(H,84,102)(H,85,106)(H,86,97)(H,87,98)(H,88,105)(H,89,100)(H,90,104)(H,91,103)/t40-,50-,52-,53-,54-,55+,56-,57-,58-,59+,60?/m0/s1. The van der Waals surface area contributed by atoms with Gasteiger partial charge in [0.05, 0.1) is 30.9 Å². The molecule has 13 amide bonds. The molecule has 5 aromatic carbocycles. The van der Waals surface area contributed by atoms with Gasteiger partial charge in [-0.15, -0.1) is 0 Å². The van der Waals surface area contributed by atoms with Crippen LogP contribution in [0.15, 0.2) is 152 Å². The summed E-state index contributed by atoms with van der Waals surface area (Å²) in [6.45, 7) is 0.475. The van der Waals surface area contributed by atoms with Gasteiger partial charge in [0.1, 0.15) is 71.9 Å². The van der Waals surface area contributed by atoms with Crippen LogP contribution in [-0.4, -0.2) is 182 Å². The number of benzene rings is 5. The van der Waals surface area contributed by atoms with Crippen molar-refractivity contribution < 1.29 is 72.5 Å². The number of rotatable bonds is 23. The summed E-state index contributed by atoms with van der Waals surface area (Å²) in [5.41, 5.74) is 27.0. The molecule has 1 aliphatic heterocycles. The number of para-hydroxylation sites is 1. The van der Waals surface area contributed by atoms with Gasteiger partial charge in [-0.2, -0.15) is 0 Å². The van der Waals surface area contributed by atoms with Crippen LogP contribution in [0.5, 0.6) is 11.5 Å². The number of H-pyrrole nitrogens is 2. The molecular formula is C73H88N18O15. The van der Waals surface area contributed by atoms with Gasteiger partial charge in [-0.25, -0.2) is 4.98 Å². The van der Waals surface area contributed by atoms with Crippen molar-refractivity contribution in [2.75, 3.05) is 13.1 Å². The van der Waals surface area contributed by atoms with Crippen molar-refractivity contribution in [2.45, 2.75) is 144 Å². The smallest absolute Gasteiger partial charge is 0.245 e. The molecule has 8 rings (SSSR count). The molecule has 33 heteroatoms. The summed E-state index contributed by atoms with van der Waals surface area (Å²) in [6.07, 6.45) is 1.40. The first-order valence-electron chi connectivity index (χ1n) is 34.3. The van der Waals surface area contributed by atoms with Crippen LogP contribution in [0.4, 0.5) is 0 Å². The normalized spacial score (nSPS) is 21.3. The maximum atomic E-state index is 15.0. The fraction of sp³-hybridized carbons (Fsp3) is 0.342. The van der Waals surface area contributed by atoms with Crippen LogP contribution in [0, 0.1) is 0 Å². The van der Waals surface area contributed by atoms with Gasteiger partial charge in [0.15, 0.2) is 0 Å². The van der Waals surface area contributed by atoms with E-state index < -0.39 is 163 Å². The second-order valence-corrected chi connectivity index (χ2v) is 25.7. The number of imidazole rings is 1. The zero-order valence-corrected chi connectivity index (χ0v) is 57.9. The minimum Gasteiger partial charge on any atom is -0.508 e. The van der Waals surface area contributed by atoms with Crippen LogP contribution >= 0.6 is 0 Å². The van der Waals surface area contributed by atoms with Gasteiger partial charge in [0.2, 0.25) is 76.8 Å². The lowest BCUT2D eigenvalue weighted by atomic mass is 10.0. The maximum Gasteiger partial charge on any atom is 0.245 e. The molecule has 0 spiro atoms. The van der Waals surface area contributed by atoms with Crippen molar-refractivity contribution in [3.8, 4) is 11.5 Å². The Morgan fingerprint density at radius 1 is 0.547 bits per heavy atom. The molecule has 3 heterocycles. The number of aromatic hydroxyl groups is 2. The molecule has 0 aliphatic carbocycles. The molecule has 1 aliphatic rings. The number of nitrogens with zero attached hydrogens (tertiary/aromatic N) is 1. The molecule has 7 aromatic rings. The Hall–Kier alpha value is -12.5. The topological polar surface area (TPSA) is 543 Å². The average molecular weight is 1460 g/mol. The van der Waals surface area contributed by atoms with Gasteiger partial charge in [-0.1, -0.05) is 103 Å². The zero-order valence-electron chi connectivity index (χ0n) is 57.9. The highest BCUT2D eigenvalue weighted by molar-refractivity contribution is 6.01. The number of carbonyl (C=O) groups is 13. The van der Waals surface area contributed by atoms with Crippen molar-refractivity contribution in [1.29, 1.82) is 0 Å². The predicted octanol–water partition coefficient (Wildman–Crippen LogP) is -2.74. The van der Waals surface area contributed by atoms with Crippen LogP contribution in [0.3, 0.4) is 0 Å². The van der Waals surface area contributed by atoms with E-state index in [1.165, 1.54) is 68.0 Å². The number of hydrogen-bond acceptors (Lipinski definition) is 18. The highest BCUT2D eigenvalue weighted by atomic mass is 16.3. The van der Waals surface area contributed by atoms with E-state index >= 15 is 9.59 Å². The second kappa shape index (κ2) is 38.7. The van der Waals surface area contributed by atoms with E-state index in [1.54, 1.807) is 91.1 Å². The molecule has 0 bridgehead atoms. The molecule has 560 valence electrons. The Kier molecular flexibility index (Phi) is 28.9. The van der Waals surface area contributed by atoms with E-state index in [0.717, 1.165) is 0 Å². The Morgan fingerprint density at radius 3 is 1.64 bits per heavy atom. The minimum atomic E-state index is -1.94. The number of fused-ring (bicyclic) bond motifs is 1. The fourth-order valence-electron chi connectivity index (χ4n) is 11.7. The van der Waals surface area contributed by atoms with Gasteiger partial charge in [-0.05, 0) is 97.3 Å². The first kappa shape index (κ1) is 79.2. The van der Waals surface area contributed by atoms with Gasteiger partial charge in [0.25, 0.3) is 0 Å². The first-order chi connectivity index (χ1) is 50.8. The maximum absolute atomic E-state index is 15.0. The number of primary amides is 2. The molecule has 1 fully saturated rings.